The highest BCUT2D eigenvalue weighted by Gasteiger charge is 2.19. The lowest BCUT2D eigenvalue weighted by molar-refractivity contribution is -0.386. The first-order chi connectivity index (χ1) is 9.61. The van der Waals surface area contributed by atoms with Crippen molar-refractivity contribution >= 4 is 5.69 Å². The Balaban J connectivity index is 2.23. The van der Waals surface area contributed by atoms with Crippen LogP contribution in [0, 0.1) is 10.1 Å². The van der Waals surface area contributed by atoms with Crippen LogP contribution in [0.15, 0.2) is 42.5 Å². The van der Waals surface area contributed by atoms with Crippen molar-refractivity contribution in [1.82, 2.24) is 0 Å². The molecule has 0 bridgehead atoms. The van der Waals surface area contributed by atoms with Crippen LogP contribution in [0.1, 0.15) is 11.1 Å². The molecule has 0 aromatic heterocycles. The molecule has 2 aromatic rings. The largest absolute Gasteiger partial charge is 0.500 e. The van der Waals surface area contributed by atoms with Crippen molar-refractivity contribution in [3.8, 4) is 11.5 Å². The summed E-state index contributed by atoms with van der Waals surface area (Å²) in [4.78, 5) is 10.3. The molecule has 2 rings (SSSR count). The molecule has 104 valence electrons. The van der Waals surface area contributed by atoms with E-state index in [4.69, 9.17) is 4.74 Å². The number of aryl methyl sites for hydroxylation is 2. The van der Waals surface area contributed by atoms with Crippen LogP contribution in [0.2, 0.25) is 0 Å². The van der Waals surface area contributed by atoms with E-state index in [0.717, 1.165) is 17.5 Å². The molecule has 0 fully saturated rings. The molecule has 0 amide bonds. The molecule has 0 unspecified atom stereocenters. The maximum absolute atomic E-state index is 10.9. The molecule has 0 saturated heterocycles. The van der Waals surface area contributed by atoms with Gasteiger partial charge in [0.2, 0.25) is 5.75 Å². The van der Waals surface area contributed by atoms with Gasteiger partial charge in [0.05, 0.1) is 12.0 Å². The lowest BCUT2D eigenvalue weighted by Gasteiger charge is -2.08. The average Bonchev–Trinajstić information content (AvgIpc) is 2.47. The number of hydrogen-bond acceptors (Lipinski definition) is 4. The number of nitro groups is 1. The molecule has 0 heterocycles. The number of ether oxygens (including phenoxy) is 1. The van der Waals surface area contributed by atoms with Gasteiger partial charge in [-0.2, -0.15) is 0 Å². The minimum atomic E-state index is -0.607. The molecule has 2 aromatic carbocycles. The molecule has 1 N–H and O–H groups in total. The van der Waals surface area contributed by atoms with Crippen LogP contribution in [0.3, 0.4) is 0 Å². The van der Waals surface area contributed by atoms with Gasteiger partial charge in [-0.05, 0) is 30.0 Å². The van der Waals surface area contributed by atoms with Crippen molar-refractivity contribution in [3.63, 3.8) is 0 Å². The van der Waals surface area contributed by atoms with E-state index in [2.05, 4.69) is 0 Å². The number of methoxy groups -OCH3 is 1. The Hall–Kier alpha value is -2.56. The number of nitro benzene ring substituents is 1. The van der Waals surface area contributed by atoms with E-state index in [-0.39, 0.29) is 11.4 Å². The lowest BCUT2D eigenvalue weighted by Crippen LogP contribution is -1.97. The topological polar surface area (TPSA) is 72.6 Å². The maximum Gasteiger partial charge on any atom is 0.314 e. The number of aromatic hydroxyl groups is 1. The monoisotopic (exact) mass is 273 g/mol. The van der Waals surface area contributed by atoms with Crippen LogP contribution in [0.25, 0.3) is 0 Å². The number of nitrogens with zero attached hydrogens (tertiary/aromatic N) is 1. The summed E-state index contributed by atoms with van der Waals surface area (Å²) in [5, 5.41) is 20.6. The number of benzene rings is 2. The highest BCUT2D eigenvalue weighted by atomic mass is 16.6. The normalized spacial score (nSPS) is 10.2. The standard InChI is InChI=1S/C15H15NO4/c1-20-14-10-12(9-13(15(14)17)16(18)19)8-7-11-5-3-2-4-6-11/h2-6,9-10,17H,7-8H2,1H3. The Morgan fingerprint density at radius 2 is 1.80 bits per heavy atom. The summed E-state index contributed by atoms with van der Waals surface area (Å²) in [6, 6.07) is 12.9. The average molecular weight is 273 g/mol. The molecular formula is C15H15NO4. The second kappa shape index (κ2) is 6.06. The van der Waals surface area contributed by atoms with Gasteiger partial charge in [-0.25, -0.2) is 0 Å². The molecule has 0 aliphatic carbocycles. The number of phenols is 1. The molecule has 0 spiro atoms. The van der Waals surface area contributed by atoms with Gasteiger partial charge in [0.25, 0.3) is 0 Å². The summed E-state index contributed by atoms with van der Waals surface area (Å²) in [6.45, 7) is 0. The van der Waals surface area contributed by atoms with Crippen LogP contribution in [0.4, 0.5) is 5.69 Å². The summed E-state index contributed by atoms with van der Waals surface area (Å²) in [5.74, 6) is -0.303. The van der Waals surface area contributed by atoms with E-state index in [9.17, 15) is 15.2 Å². The highest BCUT2D eigenvalue weighted by Crippen LogP contribution is 2.37. The zero-order valence-corrected chi connectivity index (χ0v) is 11.1. The summed E-state index contributed by atoms with van der Waals surface area (Å²) in [6.07, 6.45) is 1.41. The van der Waals surface area contributed by atoms with Crippen LogP contribution in [-0.2, 0) is 12.8 Å². The van der Waals surface area contributed by atoms with E-state index in [1.165, 1.54) is 13.2 Å². The van der Waals surface area contributed by atoms with Crippen molar-refractivity contribution < 1.29 is 14.8 Å². The van der Waals surface area contributed by atoms with Gasteiger partial charge in [0.15, 0.2) is 5.75 Å². The van der Waals surface area contributed by atoms with Gasteiger partial charge in [-0.1, -0.05) is 30.3 Å². The van der Waals surface area contributed by atoms with E-state index >= 15 is 0 Å². The predicted octanol–water partition coefficient (Wildman–Crippen LogP) is 3.09. The highest BCUT2D eigenvalue weighted by molar-refractivity contribution is 5.57. The van der Waals surface area contributed by atoms with Gasteiger partial charge >= 0.3 is 5.69 Å². The molecule has 20 heavy (non-hydrogen) atoms. The van der Waals surface area contributed by atoms with Crippen molar-refractivity contribution in [2.45, 2.75) is 12.8 Å². The third kappa shape index (κ3) is 3.06. The first-order valence-electron chi connectivity index (χ1n) is 6.20. The van der Waals surface area contributed by atoms with E-state index in [0.29, 0.717) is 6.42 Å². The molecule has 0 saturated carbocycles. The summed E-state index contributed by atoms with van der Waals surface area (Å²) in [7, 11) is 1.37. The Morgan fingerprint density at radius 1 is 1.15 bits per heavy atom. The zero-order chi connectivity index (χ0) is 14.5. The van der Waals surface area contributed by atoms with Crippen LogP contribution >= 0.6 is 0 Å². The van der Waals surface area contributed by atoms with Crippen LogP contribution in [0.5, 0.6) is 11.5 Å². The van der Waals surface area contributed by atoms with Gasteiger partial charge in [-0.3, -0.25) is 10.1 Å². The second-order valence-electron chi connectivity index (χ2n) is 4.41. The van der Waals surface area contributed by atoms with Crippen molar-refractivity contribution in [2.75, 3.05) is 7.11 Å². The van der Waals surface area contributed by atoms with Gasteiger partial charge in [0.1, 0.15) is 0 Å². The molecule has 0 radical (unpaired) electrons. The zero-order valence-electron chi connectivity index (χ0n) is 11.1. The van der Waals surface area contributed by atoms with E-state index in [1.807, 2.05) is 30.3 Å². The quantitative estimate of drug-likeness (QED) is 0.671. The fourth-order valence-electron chi connectivity index (χ4n) is 2.02. The molecule has 5 heteroatoms. The fourth-order valence-corrected chi connectivity index (χ4v) is 2.02. The van der Waals surface area contributed by atoms with Crippen molar-refractivity contribution in [2.24, 2.45) is 0 Å². The molecule has 5 nitrogen and oxygen atoms in total. The van der Waals surface area contributed by atoms with Gasteiger partial charge < -0.3 is 9.84 Å². The Bertz CT molecular complexity index is 611. The van der Waals surface area contributed by atoms with Gasteiger partial charge in [0, 0.05) is 6.07 Å². The second-order valence-corrected chi connectivity index (χ2v) is 4.41. The van der Waals surface area contributed by atoms with Crippen LogP contribution in [-0.4, -0.2) is 17.1 Å². The first kappa shape index (κ1) is 13.9. The Kier molecular flexibility index (Phi) is 4.20. The number of rotatable bonds is 5. The predicted molar refractivity (Wildman–Crippen MR) is 75.2 cm³/mol. The van der Waals surface area contributed by atoms with Gasteiger partial charge in [-0.15, -0.1) is 0 Å². The first-order valence-corrected chi connectivity index (χ1v) is 6.20. The third-order valence-corrected chi connectivity index (χ3v) is 3.08. The summed E-state index contributed by atoms with van der Waals surface area (Å²) in [5.41, 5.74) is 1.59. The summed E-state index contributed by atoms with van der Waals surface area (Å²) < 4.78 is 4.97. The fraction of sp³-hybridized carbons (Fsp3) is 0.200. The molecule has 0 atom stereocenters. The molecule has 0 aliphatic heterocycles. The van der Waals surface area contributed by atoms with Crippen molar-refractivity contribution in [3.05, 3.63) is 63.7 Å². The number of phenolic OH excluding ortho intramolecular Hbond substituents is 1. The molecular weight excluding hydrogens is 258 g/mol. The smallest absolute Gasteiger partial charge is 0.314 e. The SMILES string of the molecule is COc1cc(CCc2ccccc2)cc([N+](=O)[O-])c1O. The Labute approximate surface area is 116 Å². The maximum atomic E-state index is 10.9. The minimum Gasteiger partial charge on any atom is -0.500 e. The van der Waals surface area contributed by atoms with E-state index in [1.54, 1.807) is 6.07 Å². The van der Waals surface area contributed by atoms with Crippen molar-refractivity contribution in [1.29, 1.82) is 0 Å². The lowest BCUT2D eigenvalue weighted by atomic mass is 10.0. The molecule has 0 aliphatic rings. The Morgan fingerprint density at radius 3 is 2.40 bits per heavy atom. The van der Waals surface area contributed by atoms with Crippen LogP contribution < -0.4 is 4.74 Å². The number of hydrogen-bond donors (Lipinski definition) is 1. The van der Waals surface area contributed by atoms with E-state index < -0.39 is 10.7 Å². The summed E-state index contributed by atoms with van der Waals surface area (Å²) >= 11 is 0. The third-order valence-electron chi connectivity index (χ3n) is 3.08. The minimum absolute atomic E-state index is 0.127.